The lowest BCUT2D eigenvalue weighted by molar-refractivity contribution is -0.128. The fourth-order valence-electron chi connectivity index (χ4n) is 5.86. The number of anilines is 1. The number of nitrogens with zero attached hydrogens (tertiary/aromatic N) is 2. The summed E-state index contributed by atoms with van der Waals surface area (Å²) in [7, 11) is 0. The van der Waals surface area contributed by atoms with Gasteiger partial charge in [0.15, 0.2) is 0 Å². The van der Waals surface area contributed by atoms with Crippen LogP contribution < -0.4 is 5.32 Å². The van der Waals surface area contributed by atoms with Crippen LogP contribution in [0.2, 0.25) is 5.02 Å². The van der Waals surface area contributed by atoms with Crippen LogP contribution in [-0.4, -0.2) is 69.6 Å². The van der Waals surface area contributed by atoms with E-state index in [2.05, 4.69) is 28.2 Å². The molecule has 0 radical (unpaired) electrons. The van der Waals surface area contributed by atoms with Gasteiger partial charge in [0.1, 0.15) is 5.82 Å². The van der Waals surface area contributed by atoms with Gasteiger partial charge in [-0.2, -0.15) is 0 Å². The maximum atomic E-state index is 12.7. The number of carbonyl (C=O) groups excluding carboxylic acids is 1. The summed E-state index contributed by atoms with van der Waals surface area (Å²) in [5, 5.41) is 26.2. The molecule has 190 valence electrons. The van der Waals surface area contributed by atoms with Crippen LogP contribution in [0, 0.1) is 11.8 Å². The highest BCUT2D eigenvalue weighted by molar-refractivity contribution is 6.32. The molecule has 2 aromatic rings. The first-order valence-corrected chi connectivity index (χ1v) is 13.1. The molecular formula is C27H36ClN3O4. The Balaban J connectivity index is 1.26. The topological polar surface area (TPSA) is 94.9 Å². The number of aliphatic hydroxyl groups excluding tert-OH is 1. The second-order valence-electron chi connectivity index (χ2n) is 11.4. The number of halogens is 1. The highest BCUT2D eigenvalue weighted by atomic mass is 35.5. The first kappa shape index (κ1) is 24.9. The van der Waals surface area contributed by atoms with Crippen LogP contribution in [0.5, 0.6) is 0 Å². The molecule has 35 heavy (non-hydrogen) atoms. The quantitative estimate of drug-likeness (QED) is 0.574. The Hall–Kier alpha value is -1.77. The van der Waals surface area contributed by atoms with Crippen molar-refractivity contribution in [2.75, 3.05) is 31.6 Å². The number of pyridine rings is 1. The van der Waals surface area contributed by atoms with Crippen LogP contribution in [0.1, 0.15) is 57.9 Å². The Morgan fingerprint density at radius 2 is 1.94 bits per heavy atom. The molecule has 3 aliphatic rings. The molecule has 8 heteroatoms. The van der Waals surface area contributed by atoms with Gasteiger partial charge in [-0.15, -0.1) is 0 Å². The zero-order valence-electron chi connectivity index (χ0n) is 20.8. The molecule has 3 heterocycles. The van der Waals surface area contributed by atoms with Crippen LogP contribution >= 0.6 is 11.6 Å². The third-order valence-corrected chi connectivity index (χ3v) is 8.97. The normalized spacial score (nSPS) is 30.4. The van der Waals surface area contributed by atoms with Crippen LogP contribution in [0.15, 0.2) is 24.4 Å². The van der Waals surface area contributed by atoms with Gasteiger partial charge < -0.3 is 20.3 Å². The maximum absolute atomic E-state index is 12.7. The fraction of sp³-hybridized carbons (Fsp3) is 0.630. The van der Waals surface area contributed by atoms with Gasteiger partial charge in [-0.1, -0.05) is 11.6 Å². The standard InChI is InChI=1S/C27H36ClN3O4/c1-26(2,34)20-8-18(9-20)25(33)30-24-12-17-10-21(22(28)11-19(17)13-29-24)16-4-6-31(7-5-16)27(3)15-35-14-23(27)32/h10-13,16,18,20,23,32,34H,4-9,14-15H2,1-3H3,(H,29,30,33)/t18?,20?,23-,27+/m1/s1. The molecular weight excluding hydrogens is 466 g/mol. The van der Waals surface area contributed by atoms with E-state index in [4.69, 9.17) is 16.3 Å². The number of carbonyl (C=O) groups is 1. The second kappa shape index (κ2) is 9.27. The zero-order chi connectivity index (χ0) is 25.0. The van der Waals surface area contributed by atoms with Crippen molar-refractivity contribution in [3.63, 3.8) is 0 Å². The third-order valence-electron chi connectivity index (χ3n) is 8.64. The van der Waals surface area contributed by atoms with Gasteiger partial charge in [0.2, 0.25) is 5.91 Å². The molecule has 2 atom stereocenters. The lowest BCUT2D eigenvalue weighted by Crippen LogP contribution is -2.56. The molecule has 7 nitrogen and oxygen atoms in total. The number of benzene rings is 1. The smallest absolute Gasteiger partial charge is 0.228 e. The molecule has 0 bridgehead atoms. The van der Waals surface area contributed by atoms with Gasteiger partial charge in [-0.05, 0) is 101 Å². The monoisotopic (exact) mass is 501 g/mol. The molecule has 3 fully saturated rings. The Kier molecular flexibility index (Phi) is 6.60. The van der Waals surface area contributed by atoms with E-state index in [0.29, 0.717) is 37.8 Å². The summed E-state index contributed by atoms with van der Waals surface area (Å²) in [5.74, 6) is 0.920. The highest BCUT2D eigenvalue weighted by Gasteiger charge is 2.45. The van der Waals surface area contributed by atoms with E-state index in [1.165, 1.54) is 0 Å². The van der Waals surface area contributed by atoms with Crippen molar-refractivity contribution in [1.82, 2.24) is 9.88 Å². The summed E-state index contributed by atoms with van der Waals surface area (Å²) < 4.78 is 5.53. The number of aliphatic hydroxyl groups is 2. The Morgan fingerprint density at radius 3 is 2.57 bits per heavy atom. The van der Waals surface area contributed by atoms with E-state index >= 15 is 0 Å². The lowest BCUT2D eigenvalue weighted by Gasteiger charge is -2.43. The largest absolute Gasteiger partial charge is 0.390 e. The second-order valence-corrected chi connectivity index (χ2v) is 11.9. The summed E-state index contributed by atoms with van der Waals surface area (Å²) in [6, 6.07) is 6.02. The van der Waals surface area contributed by atoms with Crippen molar-refractivity contribution in [3.8, 4) is 0 Å². The number of fused-ring (bicyclic) bond motifs is 1. The molecule has 1 aromatic carbocycles. The molecule has 2 aliphatic heterocycles. The molecule has 1 aliphatic carbocycles. The molecule has 1 aromatic heterocycles. The summed E-state index contributed by atoms with van der Waals surface area (Å²) in [6.45, 7) is 8.44. The molecule has 2 saturated heterocycles. The molecule has 1 saturated carbocycles. The van der Waals surface area contributed by atoms with Gasteiger partial charge in [-0.3, -0.25) is 9.69 Å². The van der Waals surface area contributed by atoms with Gasteiger partial charge in [0.25, 0.3) is 0 Å². The average Bonchev–Trinajstić information content (AvgIpc) is 3.11. The van der Waals surface area contributed by atoms with Crippen molar-refractivity contribution in [1.29, 1.82) is 0 Å². The maximum Gasteiger partial charge on any atom is 0.228 e. The van der Waals surface area contributed by atoms with E-state index < -0.39 is 11.7 Å². The first-order chi connectivity index (χ1) is 16.5. The summed E-state index contributed by atoms with van der Waals surface area (Å²) in [5.41, 5.74) is 0.0685. The van der Waals surface area contributed by atoms with Crippen molar-refractivity contribution in [2.24, 2.45) is 11.8 Å². The minimum Gasteiger partial charge on any atom is -0.390 e. The molecule has 5 rings (SSSR count). The van der Waals surface area contributed by atoms with Crippen LogP contribution in [0.4, 0.5) is 5.82 Å². The first-order valence-electron chi connectivity index (χ1n) is 12.7. The number of hydrogen-bond acceptors (Lipinski definition) is 6. The fourth-order valence-corrected chi connectivity index (χ4v) is 6.18. The average molecular weight is 502 g/mol. The highest BCUT2D eigenvalue weighted by Crippen LogP contribution is 2.42. The van der Waals surface area contributed by atoms with Crippen LogP contribution in [-0.2, 0) is 9.53 Å². The van der Waals surface area contributed by atoms with Gasteiger partial charge in [0, 0.05) is 22.5 Å². The third kappa shape index (κ3) is 4.81. The molecule has 1 amide bonds. The van der Waals surface area contributed by atoms with Gasteiger partial charge >= 0.3 is 0 Å². The van der Waals surface area contributed by atoms with E-state index in [1.54, 1.807) is 20.0 Å². The number of rotatable bonds is 5. The predicted molar refractivity (Wildman–Crippen MR) is 137 cm³/mol. The van der Waals surface area contributed by atoms with E-state index in [0.717, 1.165) is 47.3 Å². The lowest BCUT2D eigenvalue weighted by atomic mass is 9.67. The Labute approximate surface area is 211 Å². The number of nitrogens with one attached hydrogen (secondary N) is 1. The predicted octanol–water partition coefficient (Wildman–Crippen LogP) is 3.95. The summed E-state index contributed by atoms with van der Waals surface area (Å²) in [4.78, 5) is 19.5. The molecule has 0 spiro atoms. The minimum absolute atomic E-state index is 0.0366. The molecule has 3 N–H and O–H groups in total. The van der Waals surface area contributed by atoms with E-state index in [-0.39, 0.29) is 23.3 Å². The van der Waals surface area contributed by atoms with Crippen molar-refractivity contribution < 1.29 is 19.7 Å². The summed E-state index contributed by atoms with van der Waals surface area (Å²) >= 11 is 6.70. The Bertz CT molecular complexity index is 1110. The molecule has 0 unspecified atom stereocenters. The van der Waals surface area contributed by atoms with Crippen LogP contribution in [0.25, 0.3) is 10.8 Å². The van der Waals surface area contributed by atoms with E-state index in [9.17, 15) is 15.0 Å². The number of aromatic nitrogens is 1. The summed E-state index contributed by atoms with van der Waals surface area (Å²) in [6.07, 6.45) is 4.63. The number of hydrogen-bond donors (Lipinski definition) is 3. The number of ether oxygens (including phenoxy) is 1. The van der Waals surface area contributed by atoms with Gasteiger partial charge in [0.05, 0.1) is 30.5 Å². The van der Waals surface area contributed by atoms with Crippen molar-refractivity contribution in [2.45, 2.75) is 69.6 Å². The zero-order valence-corrected chi connectivity index (χ0v) is 21.5. The van der Waals surface area contributed by atoms with Gasteiger partial charge in [-0.25, -0.2) is 4.98 Å². The number of amides is 1. The number of piperidine rings is 1. The van der Waals surface area contributed by atoms with Crippen molar-refractivity contribution in [3.05, 3.63) is 35.0 Å². The number of likely N-dealkylation sites (tertiary alicyclic amines) is 1. The van der Waals surface area contributed by atoms with E-state index in [1.807, 2.05) is 12.1 Å². The van der Waals surface area contributed by atoms with Crippen LogP contribution in [0.3, 0.4) is 0 Å². The SMILES string of the molecule is CC(C)(O)C1CC(C(=O)Nc2cc3cc(C4CCN([C@@]5(C)COC[C@H]5O)CC4)c(Cl)cc3cn2)C1. The minimum atomic E-state index is -0.744. The Morgan fingerprint density at radius 1 is 1.23 bits per heavy atom. The van der Waals surface area contributed by atoms with Crippen molar-refractivity contribution >= 4 is 34.1 Å².